The molecule has 0 saturated carbocycles. The first kappa shape index (κ1) is 17.8. The Labute approximate surface area is 157 Å². The third kappa shape index (κ3) is 4.73. The van der Waals surface area contributed by atoms with Crippen LogP contribution in [0.3, 0.4) is 0 Å². The number of halogens is 1. The summed E-state index contributed by atoms with van der Waals surface area (Å²) in [7, 11) is -3.13. The molecule has 0 atom stereocenters. The zero-order chi connectivity index (χ0) is 17.2. The Morgan fingerprint density at radius 3 is 2.83 bits per heavy atom. The van der Waals surface area contributed by atoms with E-state index >= 15 is 0 Å². The fraction of sp³-hybridized carbons (Fsp3) is 0.188. The number of aromatic nitrogens is 1. The van der Waals surface area contributed by atoms with Gasteiger partial charge in [0.05, 0.1) is 16.8 Å². The van der Waals surface area contributed by atoms with E-state index in [0.29, 0.717) is 13.0 Å². The van der Waals surface area contributed by atoms with Crippen LogP contribution in [0.25, 0.3) is 21.1 Å². The molecule has 0 radical (unpaired) electrons. The molecule has 1 N–H and O–H groups in total. The van der Waals surface area contributed by atoms with Gasteiger partial charge in [-0.2, -0.15) is 0 Å². The Morgan fingerprint density at radius 2 is 2.08 bits per heavy atom. The van der Waals surface area contributed by atoms with E-state index in [2.05, 4.69) is 32.1 Å². The number of nitrogens with zero attached hydrogens (tertiary/aromatic N) is 1. The Hall–Kier alpha value is -1.06. The lowest BCUT2D eigenvalue weighted by Crippen LogP contribution is -2.23. The summed E-state index contributed by atoms with van der Waals surface area (Å²) in [6.45, 7) is 0.416. The maximum Gasteiger partial charge on any atom is 0.208 e. The molecule has 0 aliphatic carbocycles. The number of sulfonamides is 1. The van der Waals surface area contributed by atoms with Crippen molar-refractivity contribution in [3.63, 3.8) is 0 Å². The predicted octanol–water partition coefficient (Wildman–Crippen LogP) is 4.39. The van der Waals surface area contributed by atoms with Crippen LogP contribution in [0.15, 0.2) is 46.3 Å². The number of hydrogen-bond acceptors (Lipinski definition) is 5. The highest BCUT2D eigenvalue weighted by molar-refractivity contribution is 9.10. The largest absolute Gasteiger partial charge is 0.235 e. The molecule has 0 spiro atoms. The molecule has 3 rings (SSSR count). The summed E-state index contributed by atoms with van der Waals surface area (Å²) >= 11 is 6.75. The van der Waals surface area contributed by atoms with Crippen molar-refractivity contribution in [3.8, 4) is 21.1 Å². The van der Waals surface area contributed by atoms with Crippen molar-refractivity contribution in [1.29, 1.82) is 0 Å². The molecule has 0 amide bonds. The van der Waals surface area contributed by atoms with Crippen LogP contribution in [0.5, 0.6) is 0 Å². The topological polar surface area (TPSA) is 59.1 Å². The summed E-state index contributed by atoms with van der Waals surface area (Å²) in [5, 5.41) is 3.04. The molecular formula is C16H15BrN2O2S3. The number of thiazole rings is 1. The molecule has 0 saturated heterocycles. The minimum absolute atomic E-state index is 0.416. The molecule has 24 heavy (non-hydrogen) atoms. The fourth-order valence-electron chi connectivity index (χ4n) is 2.15. The first-order chi connectivity index (χ1) is 11.4. The lowest BCUT2D eigenvalue weighted by atomic mass is 10.2. The summed E-state index contributed by atoms with van der Waals surface area (Å²) in [6.07, 6.45) is 1.85. The van der Waals surface area contributed by atoms with Gasteiger partial charge in [-0.3, -0.25) is 0 Å². The molecule has 3 aromatic rings. The lowest BCUT2D eigenvalue weighted by molar-refractivity contribution is 0.588. The molecule has 1 aromatic carbocycles. The number of rotatable bonds is 6. The van der Waals surface area contributed by atoms with E-state index in [1.54, 1.807) is 22.7 Å². The Bertz CT molecular complexity index is 948. The maximum absolute atomic E-state index is 11.1. The van der Waals surface area contributed by atoms with Gasteiger partial charge in [-0.05, 0) is 30.7 Å². The molecule has 0 bridgehead atoms. The highest BCUT2D eigenvalue weighted by Gasteiger charge is 2.10. The fourth-order valence-corrected chi connectivity index (χ4v) is 4.88. The van der Waals surface area contributed by atoms with Gasteiger partial charge in [0.1, 0.15) is 5.01 Å². The van der Waals surface area contributed by atoms with Crippen molar-refractivity contribution in [2.24, 2.45) is 0 Å². The van der Waals surface area contributed by atoms with Crippen molar-refractivity contribution < 1.29 is 8.42 Å². The highest BCUT2D eigenvalue weighted by Crippen LogP contribution is 2.33. The second kappa shape index (κ2) is 7.45. The summed E-state index contributed by atoms with van der Waals surface area (Å²) in [5.74, 6) is 0. The molecule has 2 heterocycles. The average molecular weight is 443 g/mol. The van der Waals surface area contributed by atoms with E-state index in [-0.39, 0.29) is 0 Å². The van der Waals surface area contributed by atoms with E-state index in [1.165, 1.54) is 6.26 Å². The normalized spacial score (nSPS) is 11.8. The van der Waals surface area contributed by atoms with Crippen molar-refractivity contribution in [2.45, 2.75) is 6.42 Å². The van der Waals surface area contributed by atoms with Gasteiger partial charge in [0.15, 0.2) is 0 Å². The summed E-state index contributed by atoms with van der Waals surface area (Å²) < 4.78 is 25.7. The summed E-state index contributed by atoms with van der Waals surface area (Å²) in [5.41, 5.74) is 2.05. The van der Waals surface area contributed by atoms with Crippen LogP contribution in [0.4, 0.5) is 0 Å². The van der Waals surface area contributed by atoms with Gasteiger partial charge in [0.2, 0.25) is 10.0 Å². The molecule has 0 aliphatic rings. The van der Waals surface area contributed by atoms with E-state index in [0.717, 1.165) is 30.5 Å². The third-order valence-electron chi connectivity index (χ3n) is 3.23. The molecule has 126 valence electrons. The predicted molar refractivity (Wildman–Crippen MR) is 105 cm³/mol. The standard InChI is InChI=1S/C16H15BrN2O2S3/c1-24(20,21)18-8-7-13-5-6-15(23-13)14-10-22-16(19-14)11-3-2-4-12(17)9-11/h2-6,9-10,18H,7-8H2,1H3. The van der Waals surface area contributed by atoms with Gasteiger partial charge < -0.3 is 0 Å². The van der Waals surface area contributed by atoms with E-state index in [1.807, 2.05) is 30.3 Å². The zero-order valence-corrected chi connectivity index (χ0v) is 16.9. The Morgan fingerprint density at radius 1 is 1.25 bits per heavy atom. The number of thiophene rings is 1. The Kier molecular flexibility index (Phi) is 5.51. The van der Waals surface area contributed by atoms with Gasteiger partial charge in [0.25, 0.3) is 0 Å². The van der Waals surface area contributed by atoms with E-state index in [4.69, 9.17) is 4.98 Å². The minimum atomic E-state index is -3.13. The number of benzene rings is 1. The van der Waals surface area contributed by atoms with Crippen molar-refractivity contribution >= 4 is 48.6 Å². The second-order valence-corrected chi connectivity index (χ2v) is 10.0. The molecule has 0 unspecified atom stereocenters. The smallest absolute Gasteiger partial charge is 0.208 e. The van der Waals surface area contributed by atoms with E-state index < -0.39 is 10.0 Å². The van der Waals surface area contributed by atoms with Crippen molar-refractivity contribution in [3.05, 3.63) is 51.1 Å². The average Bonchev–Trinajstić information content (AvgIpc) is 3.14. The van der Waals surface area contributed by atoms with Crippen molar-refractivity contribution in [2.75, 3.05) is 12.8 Å². The summed E-state index contributed by atoms with van der Waals surface area (Å²) in [6, 6.07) is 12.2. The second-order valence-electron chi connectivity index (χ2n) is 5.23. The van der Waals surface area contributed by atoms with Gasteiger partial charge in [-0.15, -0.1) is 22.7 Å². The molecule has 4 nitrogen and oxygen atoms in total. The van der Waals surface area contributed by atoms with Gasteiger partial charge in [-0.25, -0.2) is 18.1 Å². The minimum Gasteiger partial charge on any atom is -0.235 e. The molecule has 0 aliphatic heterocycles. The Balaban J connectivity index is 1.72. The number of hydrogen-bond donors (Lipinski definition) is 1. The van der Waals surface area contributed by atoms with Gasteiger partial charge in [0, 0.05) is 26.8 Å². The van der Waals surface area contributed by atoms with Crippen molar-refractivity contribution in [1.82, 2.24) is 9.71 Å². The van der Waals surface area contributed by atoms with Crippen LogP contribution in [-0.4, -0.2) is 26.2 Å². The van der Waals surface area contributed by atoms with Crippen LogP contribution >= 0.6 is 38.6 Å². The van der Waals surface area contributed by atoms with Crippen LogP contribution in [0, 0.1) is 0 Å². The molecule has 8 heteroatoms. The summed E-state index contributed by atoms with van der Waals surface area (Å²) in [4.78, 5) is 6.96. The SMILES string of the molecule is CS(=O)(=O)NCCc1ccc(-c2csc(-c3cccc(Br)c3)n2)s1. The highest BCUT2D eigenvalue weighted by atomic mass is 79.9. The maximum atomic E-state index is 11.1. The third-order valence-corrected chi connectivity index (χ3v) is 6.51. The van der Waals surface area contributed by atoms with Crippen LogP contribution in [0.2, 0.25) is 0 Å². The molecular weight excluding hydrogens is 428 g/mol. The van der Waals surface area contributed by atoms with Gasteiger partial charge in [-0.1, -0.05) is 28.1 Å². The first-order valence-electron chi connectivity index (χ1n) is 7.16. The van der Waals surface area contributed by atoms with Crippen LogP contribution < -0.4 is 4.72 Å². The van der Waals surface area contributed by atoms with Crippen LogP contribution in [0.1, 0.15) is 4.88 Å². The van der Waals surface area contributed by atoms with E-state index in [9.17, 15) is 8.42 Å². The number of nitrogens with one attached hydrogen (secondary N) is 1. The lowest BCUT2D eigenvalue weighted by Gasteiger charge is -1.99. The molecule has 0 fully saturated rings. The van der Waals surface area contributed by atoms with Gasteiger partial charge >= 0.3 is 0 Å². The zero-order valence-electron chi connectivity index (χ0n) is 12.8. The van der Waals surface area contributed by atoms with Crippen LogP contribution in [-0.2, 0) is 16.4 Å². The first-order valence-corrected chi connectivity index (χ1v) is 11.5. The molecule has 2 aromatic heterocycles. The monoisotopic (exact) mass is 442 g/mol. The quantitative estimate of drug-likeness (QED) is 0.615.